The Morgan fingerprint density at radius 1 is 1.10 bits per heavy atom. The highest BCUT2D eigenvalue weighted by Crippen LogP contribution is 2.34. The van der Waals surface area contributed by atoms with Crippen LogP contribution in [-0.4, -0.2) is 9.97 Å². The highest BCUT2D eigenvalue weighted by Gasteiger charge is 2.15. The molecule has 2 N–H and O–H groups in total. The highest BCUT2D eigenvalue weighted by molar-refractivity contribution is 5.99. The van der Waals surface area contributed by atoms with Gasteiger partial charge in [0.05, 0.1) is 23.1 Å². The van der Waals surface area contributed by atoms with Gasteiger partial charge in [0.2, 0.25) is 0 Å². The summed E-state index contributed by atoms with van der Waals surface area (Å²) < 4.78 is 26.8. The van der Waals surface area contributed by atoms with E-state index in [0.29, 0.717) is 39.8 Å². The minimum atomic E-state index is -0.471. The van der Waals surface area contributed by atoms with Gasteiger partial charge in [-0.05, 0) is 37.6 Å². The lowest BCUT2D eigenvalue weighted by molar-refractivity contribution is 0.622. The van der Waals surface area contributed by atoms with Gasteiger partial charge in [0.15, 0.2) is 0 Å². The summed E-state index contributed by atoms with van der Waals surface area (Å²) in [6.07, 6.45) is 2.99. The summed E-state index contributed by atoms with van der Waals surface area (Å²) >= 11 is 0. The minimum absolute atomic E-state index is 0.352. The molecule has 105 valence electrons. The minimum Gasteiger partial charge on any atom is -0.398 e. The van der Waals surface area contributed by atoms with Crippen LogP contribution < -0.4 is 5.73 Å². The topological polar surface area (TPSA) is 51.8 Å². The second-order valence-corrected chi connectivity index (χ2v) is 4.65. The number of pyridine rings is 2. The molecule has 0 aliphatic carbocycles. The highest BCUT2D eigenvalue weighted by atomic mass is 19.1. The lowest BCUT2D eigenvalue weighted by atomic mass is 9.99. The summed E-state index contributed by atoms with van der Waals surface area (Å²) in [7, 11) is 0. The second-order valence-electron chi connectivity index (χ2n) is 4.65. The first-order chi connectivity index (χ1) is 10.1. The van der Waals surface area contributed by atoms with Crippen LogP contribution in [0.25, 0.3) is 22.0 Å². The van der Waals surface area contributed by atoms with Gasteiger partial charge in [-0.3, -0.25) is 9.97 Å². The van der Waals surface area contributed by atoms with Crippen molar-refractivity contribution in [2.24, 2.45) is 0 Å². The fourth-order valence-corrected chi connectivity index (χ4v) is 2.36. The third kappa shape index (κ3) is 2.31. The van der Waals surface area contributed by atoms with E-state index in [1.807, 2.05) is 0 Å². The van der Waals surface area contributed by atoms with Crippen molar-refractivity contribution in [3.63, 3.8) is 0 Å². The van der Waals surface area contributed by atoms with E-state index in [4.69, 9.17) is 5.73 Å². The van der Waals surface area contributed by atoms with Gasteiger partial charge in [-0.25, -0.2) is 8.78 Å². The van der Waals surface area contributed by atoms with Gasteiger partial charge < -0.3 is 5.73 Å². The van der Waals surface area contributed by atoms with E-state index in [1.54, 1.807) is 6.07 Å². The molecule has 0 bridgehead atoms. The fourth-order valence-electron chi connectivity index (χ4n) is 2.36. The third-order valence-corrected chi connectivity index (χ3v) is 3.29. The maximum Gasteiger partial charge on any atom is 0.142 e. The molecule has 0 saturated heterocycles. The van der Waals surface area contributed by atoms with Gasteiger partial charge in [0, 0.05) is 22.7 Å². The van der Waals surface area contributed by atoms with E-state index in [0.717, 1.165) is 6.20 Å². The summed E-state index contributed by atoms with van der Waals surface area (Å²) in [6.45, 7) is 3.82. The molecule has 2 aromatic heterocycles. The van der Waals surface area contributed by atoms with E-state index in [1.165, 1.54) is 24.4 Å². The van der Waals surface area contributed by atoms with Crippen LogP contribution >= 0.6 is 0 Å². The monoisotopic (exact) mass is 284 g/mol. The Labute approximate surface area is 120 Å². The number of hydrogen-bond acceptors (Lipinski definition) is 3. The van der Waals surface area contributed by atoms with Crippen LogP contribution in [0.2, 0.25) is 0 Å². The van der Waals surface area contributed by atoms with Crippen molar-refractivity contribution >= 4 is 16.6 Å². The largest absolute Gasteiger partial charge is 0.398 e. The smallest absolute Gasteiger partial charge is 0.142 e. The standard InChI is InChI=1S/C16H12F2N3/c1-2-13-15(9-5-11(18)8-20-7-9)16(19)12-6-10(17)3-4-14(12)21-13/h3-8H,1-2H2,(H2,19,21). The predicted octanol–water partition coefficient (Wildman–Crippen LogP) is 3.53. The summed E-state index contributed by atoms with van der Waals surface area (Å²) in [6, 6.07) is 5.53. The van der Waals surface area contributed by atoms with Crippen LogP contribution in [-0.2, 0) is 6.42 Å². The molecule has 0 atom stereocenters. The number of benzene rings is 1. The van der Waals surface area contributed by atoms with Crippen molar-refractivity contribution in [3.8, 4) is 11.1 Å². The molecule has 0 fully saturated rings. The quantitative estimate of drug-likeness (QED) is 0.783. The van der Waals surface area contributed by atoms with Crippen LogP contribution in [0.1, 0.15) is 5.69 Å². The first kappa shape index (κ1) is 13.4. The number of anilines is 1. The van der Waals surface area contributed by atoms with E-state index in [-0.39, 0.29) is 0 Å². The molecule has 0 aliphatic heterocycles. The van der Waals surface area contributed by atoms with E-state index in [2.05, 4.69) is 16.9 Å². The zero-order valence-electron chi connectivity index (χ0n) is 11.1. The SMILES string of the molecule is [CH2]Cc1nc2ccc(F)cc2c(N)c1-c1cncc(F)c1. The summed E-state index contributed by atoms with van der Waals surface area (Å²) in [5.74, 6) is -0.872. The van der Waals surface area contributed by atoms with E-state index >= 15 is 0 Å². The number of nitrogens with two attached hydrogens (primary N) is 1. The number of hydrogen-bond donors (Lipinski definition) is 1. The average molecular weight is 284 g/mol. The van der Waals surface area contributed by atoms with Gasteiger partial charge in [0.25, 0.3) is 0 Å². The van der Waals surface area contributed by atoms with Crippen LogP contribution in [0.4, 0.5) is 14.5 Å². The van der Waals surface area contributed by atoms with Gasteiger partial charge in [-0.1, -0.05) is 0 Å². The molecule has 0 spiro atoms. The normalized spacial score (nSPS) is 11.0. The molecule has 1 radical (unpaired) electrons. The van der Waals surface area contributed by atoms with E-state index < -0.39 is 11.6 Å². The number of nitrogen functional groups attached to an aromatic ring is 1. The molecule has 5 heteroatoms. The summed E-state index contributed by atoms with van der Waals surface area (Å²) in [5, 5.41) is 0.492. The maximum atomic E-state index is 13.4. The molecular formula is C16H12F2N3. The number of fused-ring (bicyclic) bond motifs is 1. The van der Waals surface area contributed by atoms with Gasteiger partial charge in [-0.15, -0.1) is 0 Å². The number of aromatic nitrogens is 2. The van der Waals surface area contributed by atoms with Gasteiger partial charge >= 0.3 is 0 Å². The van der Waals surface area contributed by atoms with Gasteiger partial charge in [0.1, 0.15) is 11.6 Å². The van der Waals surface area contributed by atoms with Crippen molar-refractivity contribution < 1.29 is 8.78 Å². The molecule has 1 aromatic carbocycles. The fraction of sp³-hybridized carbons (Fsp3) is 0.0625. The van der Waals surface area contributed by atoms with E-state index in [9.17, 15) is 8.78 Å². The Hall–Kier alpha value is -2.56. The lowest BCUT2D eigenvalue weighted by Crippen LogP contribution is -2.01. The van der Waals surface area contributed by atoms with Crippen molar-refractivity contribution in [2.45, 2.75) is 6.42 Å². The molecule has 3 aromatic rings. The molecule has 0 saturated carbocycles. The molecule has 0 aliphatic rings. The van der Waals surface area contributed by atoms with Crippen molar-refractivity contribution in [1.82, 2.24) is 9.97 Å². The first-order valence-corrected chi connectivity index (χ1v) is 6.38. The molecule has 3 rings (SSSR count). The average Bonchev–Trinajstić information content (AvgIpc) is 2.47. The maximum absolute atomic E-state index is 13.4. The Bertz CT molecular complexity index is 831. The first-order valence-electron chi connectivity index (χ1n) is 6.38. The Balaban J connectivity index is 2.37. The molecule has 2 heterocycles. The number of halogens is 2. The van der Waals surface area contributed by atoms with Gasteiger partial charge in [-0.2, -0.15) is 0 Å². The third-order valence-electron chi connectivity index (χ3n) is 3.29. The Kier molecular flexibility index (Phi) is 3.25. The van der Waals surface area contributed by atoms with Crippen LogP contribution in [0.5, 0.6) is 0 Å². The van der Waals surface area contributed by atoms with Crippen molar-refractivity contribution in [2.75, 3.05) is 5.73 Å². The zero-order chi connectivity index (χ0) is 15.0. The second kappa shape index (κ2) is 5.09. The van der Waals surface area contributed by atoms with Crippen LogP contribution in [0, 0.1) is 18.6 Å². The molecule has 21 heavy (non-hydrogen) atoms. The summed E-state index contributed by atoms with van der Waals surface area (Å²) in [5.41, 5.74) is 8.78. The molecule has 0 amide bonds. The predicted molar refractivity (Wildman–Crippen MR) is 78.4 cm³/mol. The zero-order valence-corrected chi connectivity index (χ0v) is 11.1. The summed E-state index contributed by atoms with van der Waals surface area (Å²) in [4.78, 5) is 8.26. The van der Waals surface area contributed by atoms with Crippen molar-refractivity contribution in [1.29, 1.82) is 0 Å². The number of nitrogens with zero attached hydrogens (tertiary/aromatic N) is 2. The van der Waals surface area contributed by atoms with Crippen molar-refractivity contribution in [3.05, 3.63) is 60.9 Å². The molecule has 0 unspecified atom stereocenters. The lowest BCUT2D eigenvalue weighted by Gasteiger charge is -2.13. The van der Waals surface area contributed by atoms with Crippen LogP contribution in [0.3, 0.4) is 0 Å². The molecule has 3 nitrogen and oxygen atoms in total. The van der Waals surface area contributed by atoms with Crippen LogP contribution in [0.15, 0.2) is 36.7 Å². The Morgan fingerprint density at radius 3 is 2.62 bits per heavy atom. The number of rotatable bonds is 2. The Morgan fingerprint density at radius 2 is 1.90 bits per heavy atom. The molecular weight excluding hydrogens is 272 g/mol.